The summed E-state index contributed by atoms with van der Waals surface area (Å²) in [5.41, 5.74) is 6.00. The van der Waals surface area contributed by atoms with E-state index in [0.717, 1.165) is 13.0 Å². The molecule has 0 heterocycles. The van der Waals surface area contributed by atoms with E-state index in [1.54, 1.807) is 31.2 Å². The van der Waals surface area contributed by atoms with Crippen LogP contribution in [0.4, 0.5) is 10.5 Å². The number of nitrogens with one attached hydrogen (secondary N) is 4. The normalized spacial score (nSPS) is 10.0. The van der Waals surface area contributed by atoms with Gasteiger partial charge in [-0.25, -0.2) is 4.79 Å². The third-order valence-electron chi connectivity index (χ3n) is 2.94. The summed E-state index contributed by atoms with van der Waals surface area (Å²) in [5.74, 6) is 0.208. The summed E-state index contributed by atoms with van der Waals surface area (Å²) in [6.07, 6.45) is 0.417. The van der Waals surface area contributed by atoms with Crippen molar-refractivity contribution in [3.8, 4) is 0 Å². The Hall–Kier alpha value is -2.35. The molecule has 0 aliphatic rings. The number of hydrogen-bond donors (Lipinski definition) is 4. The molecule has 1 rings (SSSR count). The first kappa shape index (κ1) is 19.7. The van der Waals surface area contributed by atoms with Crippen LogP contribution in [0.2, 0.25) is 0 Å². The first-order valence-corrected chi connectivity index (χ1v) is 8.21. The zero-order valence-electron chi connectivity index (χ0n) is 14.1. The van der Waals surface area contributed by atoms with Crippen LogP contribution >= 0.6 is 12.2 Å². The van der Waals surface area contributed by atoms with Crippen LogP contribution in [-0.2, 0) is 4.74 Å². The van der Waals surface area contributed by atoms with Crippen molar-refractivity contribution < 1.29 is 14.3 Å². The Kier molecular flexibility index (Phi) is 8.56. The van der Waals surface area contributed by atoms with Crippen LogP contribution in [0, 0.1) is 5.92 Å². The molecule has 0 saturated heterocycles. The summed E-state index contributed by atoms with van der Waals surface area (Å²) in [6.45, 7) is 6.97. The molecule has 1 aromatic rings. The van der Waals surface area contributed by atoms with Crippen LogP contribution in [-0.4, -0.2) is 30.3 Å². The van der Waals surface area contributed by atoms with Crippen LogP contribution < -0.4 is 21.5 Å². The van der Waals surface area contributed by atoms with Gasteiger partial charge >= 0.3 is 6.09 Å². The van der Waals surface area contributed by atoms with Crippen LogP contribution in [0.3, 0.4) is 0 Å². The summed E-state index contributed by atoms with van der Waals surface area (Å²) < 4.78 is 4.79. The highest BCUT2D eigenvalue weighted by atomic mass is 32.1. The second-order valence-electron chi connectivity index (χ2n) is 5.44. The fourth-order valence-electron chi connectivity index (χ4n) is 1.73. The van der Waals surface area contributed by atoms with Gasteiger partial charge in [-0.15, -0.1) is 0 Å². The van der Waals surface area contributed by atoms with Crippen molar-refractivity contribution in [3.63, 3.8) is 0 Å². The molecular weight excluding hydrogens is 328 g/mol. The minimum Gasteiger partial charge on any atom is -0.450 e. The minimum atomic E-state index is -0.566. The Labute approximate surface area is 147 Å². The standard InChI is InChI=1S/C16H24N4O3S/c1-4-23-16(22)18-13-7-5-6-12(10-13)14(21)19-20-15(24)17-9-8-11(2)3/h5-7,10-11H,4,8-9H2,1-3H3,(H,18,22)(H,19,21)(H2,17,20,24). The van der Waals surface area contributed by atoms with Crippen molar-refractivity contribution in [3.05, 3.63) is 29.8 Å². The number of carbonyl (C=O) groups is 2. The molecule has 0 aliphatic carbocycles. The fourth-order valence-corrected chi connectivity index (χ4v) is 1.88. The van der Waals surface area contributed by atoms with E-state index in [1.165, 1.54) is 0 Å². The maximum Gasteiger partial charge on any atom is 0.411 e. The summed E-state index contributed by atoms with van der Waals surface area (Å²) in [6, 6.07) is 6.50. The lowest BCUT2D eigenvalue weighted by molar-refractivity contribution is 0.0943. The van der Waals surface area contributed by atoms with Gasteiger partial charge < -0.3 is 10.1 Å². The van der Waals surface area contributed by atoms with Gasteiger partial charge in [-0.1, -0.05) is 19.9 Å². The number of ether oxygens (including phenoxy) is 1. The van der Waals surface area contributed by atoms with Gasteiger partial charge in [-0.05, 0) is 49.7 Å². The van der Waals surface area contributed by atoms with Crippen LogP contribution in [0.15, 0.2) is 24.3 Å². The van der Waals surface area contributed by atoms with E-state index in [4.69, 9.17) is 17.0 Å². The summed E-state index contributed by atoms with van der Waals surface area (Å²) in [7, 11) is 0. The highest BCUT2D eigenvalue weighted by molar-refractivity contribution is 7.80. The van der Waals surface area contributed by atoms with Gasteiger partial charge in [0.15, 0.2) is 5.11 Å². The van der Waals surface area contributed by atoms with E-state index in [2.05, 4.69) is 35.3 Å². The maximum absolute atomic E-state index is 12.1. The van der Waals surface area contributed by atoms with Crippen LogP contribution in [0.1, 0.15) is 37.6 Å². The van der Waals surface area contributed by atoms with Gasteiger partial charge in [0.05, 0.1) is 6.61 Å². The third-order valence-corrected chi connectivity index (χ3v) is 3.19. The lowest BCUT2D eigenvalue weighted by Gasteiger charge is -2.13. The van der Waals surface area contributed by atoms with Gasteiger partial charge in [0.2, 0.25) is 0 Å². The van der Waals surface area contributed by atoms with Crippen molar-refractivity contribution >= 4 is 35.0 Å². The van der Waals surface area contributed by atoms with Gasteiger partial charge in [-0.2, -0.15) is 0 Å². The van der Waals surface area contributed by atoms with Gasteiger partial charge in [0.25, 0.3) is 5.91 Å². The van der Waals surface area contributed by atoms with E-state index < -0.39 is 6.09 Å². The summed E-state index contributed by atoms with van der Waals surface area (Å²) in [5, 5.41) is 5.90. The van der Waals surface area contributed by atoms with E-state index in [0.29, 0.717) is 22.3 Å². The second kappa shape index (κ2) is 10.4. The SMILES string of the molecule is CCOC(=O)Nc1cccc(C(=O)NNC(=S)NCCC(C)C)c1. The molecule has 0 spiro atoms. The van der Waals surface area contributed by atoms with Crippen molar-refractivity contribution in [2.45, 2.75) is 27.2 Å². The molecule has 2 amide bonds. The third kappa shape index (κ3) is 7.77. The van der Waals surface area contributed by atoms with Crippen molar-refractivity contribution in [1.29, 1.82) is 0 Å². The quantitative estimate of drug-likeness (QED) is 0.464. The van der Waals surface area contributed by atoms with Crippen LogP contribution in [0.5, 0.6) is 0 Å². The van der Waals surface area contributed by atoms with E-state index in [-0.39, 0.29) is 12.5 Å². The molecule has 0 aromatic heterocycles. The molecule has 8 heteroatoms. The van der Waals surface area contributed by atoms with Gasteiger partial charge in [-0.3, -0.25) is 21.0 Å². The Morgan fingerprint density at radius 3 is 2.67 bits per heavy atom. The first-order valence-electron chi connectivity index (χ1n) is 7.80. The average Bonchev–Trinajstić information content (AvgIpc) is 2.52. The van der Waals surface area contributed by atoms with E-state index in [9.17, 15) is 9.59 Å². The van der Waals surface area contributed by atoms with Crippen molar-refractivity contribution in [2.75, 3.05) is 18.5 Å². The number of hydrazine groups is 1. The largest absolute Gasteiger partial charge is 0.450 e. The number of rotatable bonds is 6. The lowest BCUT2D eigenvalue weighted by atomic mass is 10.1. The highest BCUT2D eigenvalue weighted by Crippen LogP contribution is 2.10. The predicted octanol–water partition coefficient (Wildman–Crippen LogP) is 2.41. The zero-order chi connectivity index (χ0) is 17.9. The van der Waals surface area contributed by atoms with E-state index >= 15 is 0 Å². The number of benzene rings is 1. The number of hydrogen-bond acceptors (Lipinski definition) is 4. The molecule has 0 atom stereocenters. The lowest BCUT2D eigenvalue weighted by Crippen LogP contribution is -2.47. The Morgan fingerprint density at radius 2 is 2.00 bits per heavy atom. The van der Waals surface area contributed by atoms with Crippen LogP contribution in [0.25, 0.3) is 0 Å². The molecule has 0 aliphatic heterocycles. The van der Waals surface area contributed by atoms with Crippen molar-refractivity contribution in [1.82, 2.24) is 16.2 Å². The predicted molar refractivity (Wildman–Crippen MR) is 97.7 cm³/mol. The molecule has 24 heavy (non-hydrogen) atoms. The molecule has 1 aromatic carbocycles. The number of anilines is 1. The molecule has 0 radical (unpaired) electrons. The molecule has 0 bridgehead atoms. The molecular formula is C16H24N4O3S. The number of amides is 2. The van der Waals surface area contributed by atoms with Gasteiger partial charge in [0.1, 0.15) is 0 Å². The zero-order valence-corrected chi connectivity index (χ0v) is 15.0. The fraction of sp³-hybridized carbons (Fsp3) is 0.438. The number of thiocarbonyl (C=S) groups is 1. The Bertz CT molecular complexity index is 578. The maximum atomic E-state index is 12.1. The number of carbonyl (C=O) groups excluding carboxylic acids is 2. The Balaban J connectivity index is 2.47. The monoisotopic (exact) mass is 352 g/mol. The molecule has 4 N–H and O–H groups in total. The topological polar surface area (TPSA) is 91.5 Å². The summed E-state index contributed by atoms with van der Waals surface area (Å²) >= 11 is 5.08. The second-order valence-corrected chi connectivity index (χ2v) is 5.85. The molecule has 0 saturated carbocycles. The highest BCUT2D eigenvalue weighted by Gasteiger charge is 2.08. The molecule has 0 unspecified atom stereocenters. The molecule has 0 fully saturated rings. The minimum absolute atomic E-state index is 0.275. The van der Waals surface area contributed by atoms with Crippen molar-refractivity contribution in [2.24, 2.45) is 5.92 Å². The molecule has 7 nitrogen and oxygen atoms in total. The smallest absolute Gasteiger partial charge is 0.411 e. The first-order chi connectivity index (χ1) is 11.4. The average molecular weight is 352 g/mol. The molecule has 132 valence electrons. The summed E-state index contributed by atoms with van der Waals surface area (Å²) in [4.78, 5) is 23.5. The Morgan fingerprint density at radius 1 is 1.25 bits per heavy atom. The van der Waals surface area contributed by atoms with Gasteiger partial charge in [0, 0.05) is 17.8 Å². The van der Waals surface area contributed by atoms with E-state index in [1.807, 2.05) is 0 Å².